The summed E-state index contributed by atoms with van der Waals surface area (Å²) < 4.78 is 25.3. The molecule has 2 saturated heterocycles. The van der Waals surface area contributed by atoms with Crippen LogP contribution in [0, 0.1) is 13.8 Å². The lowest BCUT2D eigenvalue weighted by atomic mass is 9.72. The highest BCUT2D eigenvalue weighted by Crippen LogP contribution is 2.38. The molecule has 0 unspecified atom stereocenters. The second-order valence-electron chi connectivity index (χ2n) is 10.9. The smallest absolute Gasteiger partial charge is 0.399 e. The van der Waals surface area contributed by atoms with Crippen LogP contribution in [0.2, 0.25) is 0 Å². The molecule has 2 aromatic carbocycles. The molecule has 0 atom stereocenters. The molecule has 4 rings (SSSR count). The topological polar surface area (TPSA) is 36.9 Å². The number of aryl methyl sites for hydroxylation is 2. The maximum atomic E-state index is 6.32. The molecule has 2 fully saturated rings. The van der Waals surface area contributed by atoms with Gasteiger partial charge in [-0.15, -0.1) is 0 Å². The van der Waals surface area contributed by atoms with Gasteiger partial charge in [0.05, 0.1) is 22.4 Å². The van der Waals surface area contributed by atoms with Crippen molar-refractivity contribution >= 4 is 35.9 Å². The molecule has 2 aromatic rings. The summed E-state index contributed by atoms with van der Waals surface area (Å²) in [5.41, 5.74) is 3.04. The predicted octanol–water partition coefficient (Wildman–Crippen LogP) is 4.06. The highest BCUT2D eigenvalue weighted by Gasteiger charge is 2.53. The molecule has 2 aliphatic heterocycles. The molecule has 0 amide bonds. The Labute approximate surface area is 181 Å². The van der Waals surface area contributed by atoms with Gasteiger partial charge in [-0.2, -0.15) is 0 Å². The van der Waals surface area contributed by atoms with E-state index in [2.05, 4.69) is 93.5 Å². The van der Waals surface area contributed by atoms with Crippen molar-refractivity contribution in [1.29, 1.82) is 0 Å². The van der Waals surface area contributed by atoms with Crippen molar-refractivity contribution in [2.24, 2.45) is 0 Å². The first-order valence-electron chi connectivity index (χ1n) is 10.9. The Morgan fingerprint density at radius 2 is 0.767 bits per heavy atom. The monoisotopic (exact) mass is 408 g/mol. The maximum Gasteiger partial charge on any atom is 0.495 e. The molecule has 0 N–H and O–H groups in total. The van der Waals surface area contributed by atoms with Gasteiger partial charge >= 0.3 is 14.2 Å². The maximum absolute atomic E-state index is 6.32. The second kappa shape index (κ2) is 6.58. The van der Waals surface area contributed by atoms with Crippen LogP contribution in [0.1, 0.15) is 66.5 Å². The van der Waals surface area contributed by atoms with Crippen molar-refractivity contribution < 1.29 is 18.6 Å². The Balaban J connectivity index is 1.75. The van der Waals surface area contributed by atoms with Crippen LogP contribution >= 0.6 is 0 Å². The van der Waals surface area contributed by atoms with Crippen molar-refractivity contribution in [2.45, 2.75) is 91.6 Å². The molecule has 4 nitrogen and oxygen atoms in total. The van der Waals surface area contributed by atoms with Gasteiger partial charge in [0.25, 0.3) is 0 Å². The molecular formula is C24H34B2O4. The third-order valence-corrected chi connectivity index (χ3v) is 7.62. The lowest BCUT2D eigenvalue weighted by molar-refractivity contribution is 0.00578. The minimum absolute atomic E-state index is 0.361. The van der Waals surface area contributed by atoms with E-state index < -0.39 is 0 Å². The lowest BCUT2D eigenvalue weighted by Gasteiger charge is -2.32. The van der Waals surface area contributed by atoms with E-state index in [4.69, 9.17) is 18.6 Å². The van der Waals surface area contributed by atoms with Crippen molar-refractivity contribution in [3.63, 3.8) is 0 Å². The van der Waals surface area contributed by atoms with E-state index in [1.54, 1.807) is 0 Å². The molecule has 30 heavy (non-hydrogen) atoms. The fraction of sp³-hybridized carbons (Fsp3) is 0.583. The minimum atomic E-state index is -0.374. The molecule has 2 aliphatic rings. The normalized spacial score (nSPS) is 24.1. The largest absolute Gasteiger partial charge is 0.495 e. The van der Waals surface area contributed by atoms with E-state index in [0.717, 1.165) is 16.3 Å². The second-order valence-corrected chi connectivity index (χ2v) is 10.9. The quantitative estimate of drug-likeness (QED) is 0.703. The minimum Gasteiger partial charge on any atom is -0.399 e. The highest BCUT2D eigenvalue weighted by atomic mass is 16.7. The number of fused-ring (bicyclic) bond motifs is 1. The van der Waals surface area contributed by atoms with Gasteiger partial charge in [-0.3, -0.25) is 0 Å². The molecule has 0 radical (unpaired) electrons. The first-order valence-corrected chi connectivity index (χ1v) is 10.9. The van der Waals surface area contributed by atoms with Gasteiger partial charge in [0.1, 0.15) is 0 Å². The Hall–Kier alpha value is -1.33. The van der Waals surface area contributed by atoms with Crippen LogP contribution in [0.4, 0.5) is 0 Å². The molecule has 160 valence electrons. The van der Waals surface area contributed by atoms with Gasteiger partial charge in [0, 0.05) is 0 Å². The Bertz CT molecular complexity index is 901. The average Bonchev–Trinajstić information content (AvgIpc) is 2.93. The van der Waals surface area contributed by atoms with Crippen molar-refractivity contribution in [1.82, 2.24) is 0 Å². The van der Waals surface area contributed by atoms with E-state index in [1.165, 1.54) is 16.5 Å². The lowest BCUT2D eigenvalue weighted by Crippen LogP contribution is -2.41. The molecule has 0 aliphatic carbocycles. The zero-order chi connectivity index (χ0) is 22.3. The van der Waals surface area contributed by atoms with E-state index in [9.17, 15) is 0 Å². The first kappa shape index (κ1) is 21.9. The predicted molar refractivity (Wildman–Crippen MR) is 125 cm³/mol. The summed E-state index contributed by atoms with van der Waals surface area (Å²) in [5.74, 6) is 0. The molecule has 0 bridgehead atoms. The average molecular weight is 408 g/mol. The summed E-state index contributed by atoms with van der Waals surface area (Å²) in [7, 11) is -0.748. The molecule has 0 saturated carbocycles. The number of hydrogen-bond donors (Lipinski definition) is 0. The van der Waals surface area contributed by atoms with Gasteiger partial charge in [-0.1, -0.05) is 35.4 Å². The summed E-state index contributed by atoms with van der Waals surface area (Å²) in [4.78, 5) is 0. The van der Waals surface area contributed by atoms with E-state index in [-0.39, 0.29) is 36.6 Å². The van der Waals surface area contributed by atoms with Gasteiger partial charge in [0.2, 0.25) is 0 Å². The molecule has 0 aromatic heterocycles. The van der Waals surface area contributed by atoms with Crippen molar-refractivity contribution in [3.05, 3.63) is 35.4 Å². The van der Waals surface area contributed by atoms with Gasteiger partial charge in [-0.25, -0.2) is 0 Å². The third-order valence-electron chi connectivity index (χ3n) is 7.62. The van der Waals surface area contributed by atoms with E-state index in [1.807, 2.05) is 0 Å². The van der Waals surface area contributed by atoms with E-state index in [0.29, 0.717) is 0 Å². The van der Waals surface area contributed by atoms with Crippen LogP contribution in [0.15, 0.2) is 24.3 Å². The third kappa shape index (κ3) is 3.33. The molecule has 0 spiro atoms. The van der Waals surface area contributed by atoms with Crippen LogP contribution in [0.5, 0.6) is 0 Å². The Kier molecular flexibility index (Phi) is 4.80. The molecule has 2 heterocycles. The molecule has 6 heteroatoms. The van der Waals surface area contributed by atoms with Gasteiger partial charge in [0.15, 0.2) is 0 Å². The fourth-order valence-corrected chi connectivity index (χ4v) is 4.06. The van der Waals surface area contributed by atoms with Gasteiger partial charge in [-0.05, 0) is 90.9 Å². The number of benzene rings is 2. The number of rotatable bonds is 2. The van der Waals surface area contributed by atoms with Crippen LogP contribution in [0.25, 0.3) is 10.8 Å². The van der Waals surface area contributed by atoms with Crippen LogP contribution < -0.4 is 10.9 Å². The van der Waals surface area contributed by atoms with Crippen LogP contribution in [-0.4, -0.2) is 36.6 Å². The Morgan fingerprint density at radius 1 is 0.500 bits per heavy atom. The standard InChI is InChI=1S/C24H34B2O4/c1-15-11-17-12-16(2)20(26-29-23(7,8)24(9,10)30-26)14-18(17)13-19(15)25-27-21(3,4)22(5,6)28-25/h11-14H,1-10H3. The van der Waals surface area contributed by atoms with E-state index >= 15 is 0 Å². The Morgan fingerprint density at radius 3 is 1.07 bits per heavy atom. The summed E-state index contributed by atoms with van der Waals surface area (Å²) in [6, 6.07) is 8.83. The van der Waals surface area contributed by atoms with Crippen LogP contribution in [-0.2, 0) is 18.6 Å². The fourth-order valence-electron chi connectivity index (χ4n) is 4.06. The first-order chi connectivity index (χ1) is 13.6. The van der Waals surface area contributed by atoms with Crippen molar-refractivity contribution in [3.8, 4) is 0 Å². The summed E-state index contributed by atoms with van der Waals surface area (Å²) in [5, 5.41) is 2.34. The SMILES string of the molecule is Cc1cc2cc(C)c(B3OC(C)(C)C(C)(C)O3)cc2cc1B1OC(C)(C)C(C)(C)O1. The summed E-state index contributed by atoms with van der Waals surface area (Å²) in [6.45, 7) is 20.9. The number of hydrogen-bond acceptors (Lipinski definition) is 4. The van der Waals surface area contributed by atoms with Gasteiger partial charge < -0.3 is 18.6 Å². The zero-order valence-electron chi connectivity index (χ0n) is 20.1. The summed E-state index contributed by atoms with van der Waals surface area (Å²) >= 11 is 0. The highest BCUT2D eigenvalue weighted by molar-refractivity contribution is 6.64. The van der Waals surface area contributed by atoms with Crippen LogP contribution in [0.3, 0.4) is 0 Å². The molecular weight excluding hydrogens is 374 g/mol. The zero-order valence-corrected chi connectivity index (χ0v) is 20.1. The summed E-state index contributed by atoms with van der Waals surface area (Å²) in [6.07, 6.45) is 0. The van der Waals surface area contributed by atoms with Crippen molar-refractivity contribution in [2.75, 3.05) is 0 Å².